The third-order valence-corrected chi connectivity index (χ3v) is 6.75. The normalized spacial score (nSPS) is 21.6. The number of carbonyl (C=O) groups excluding carboxylic acids is 3. The van der Waals surface area contributed by atoms with Crippen LogP contribution in [-0.2, 0) is 9.53 Å². The first-order valence-corrected chi connectivity index (χ1v) is 12.7. The number of aliphatic hydroxyl groups excluding tert-OH is 1. The summed E-state index contributed by atoms with van der Waals surface area (Å²) < 4.78 is 11.8. The van der Waals surface area contributed by atoms with Crippen LogP contribution in [0.3, 0.4) is 0 Å². The van der Waals surface area contributed by atoms with Crippen molar-refractivity contribution in [3.05, 3.63) is 23.8 Å². The fourth-order valence-electron chi connectivity index (χ4n) is 4.46. The molecular weight excluding hydrogens is 464 g/mol. The summed E-state index contributed by atoms with van der Waals surface area (Å²) >= 11 is 0. The molecule has 0 radical (unpaired) electrons. The van der Waals surface area contributed by atoms with Gasteiger partial charge in [-0.2, -0.15) is 0 Å². The summed E-state index contributed by atoms with van der Waals surface area (Å²) in [7, 11) is 1.70. The number of benzene rings is 1. The monoisotopic (exact) mass is 504 g/mol. The third kappa shape index (κ3) is 6.67. The molecule has 2 heterocycles. The molecule has 0 aromatic heterocycles. The first-order chi connectivity index (χ1) is 17.1. The predicted molar refractivity (Wildman–Crippen MR) is 136 cm³/mol. The Morgan fingerprint density at radius 2 is 1.92 bits per heavy atom. The molecule has 4 amide bonds. The van der Waals surface area contributed by atoms with E-state index in [-0.39, 0.29) is 54.6 Å². The molecule has 1 aromatic carbocycles. The molecule has 3 N–H and O–H groups in total. The summed E-state index contributed by atoms with van der Waals surface area (Å²) in [5, 5.41) is 15.7. The molecule has 1 saturated heterocycles. The van der Waals surface area contributed by atoms with Crippen molar-refractivity contribution in [2.24, 2.45) is 11.8 Å². The fourth-order valence-corrected chi connectivity index (χ4v) is 4.46. The van der Waals surface area contributed by atoms with Gasteiger partial charge in [0.1, 0.15) is 6.10 Å². The van der Waals surface area contributed by atoms with Crippen LogP contribution in [0.2, 0.25) is 0 Å². The summed E-state index contributed by atoms with van der Waals surface area (Å²) in [6, 6.07) is 4.46. The zero-order chi connectivity index (χ0) is 26.4. The molecule has 1 aromatic rings. The number of urea groups is 1. The number of aliphatic hydroxyl groups is 1. The van der Waals surface area contributed by atoms with Crippen LogP contribution in [0.25, 0.3) is 0 Å². The van der Waals surface area contributed by atoms with Gasteiger partial charge < -0.3 is 35.0 Å². The number of para-hydroxylation sites is 1. The number of nitrogens with one attached hydrogen (secondary N) is 2. The van der Waals surface area contributed by atoms with Crippen LogP contribution < -0.4 is 15.4 Å². The minimum atomic E-state index is -0.464. The van der Waals surface area contributed by atoms with Crippen LogP contribution in [0.1, 0.15) is 50.9 Å². The van der Waals surface area contributed by atoms with Gasteiger partial charge in [0.2, 0.25) is 5.91 Å². The zero-order valence-electron chi connectivity index (χ0n) is 22.0. The van der Waals surface area contributed by atoms with Crippen molar-refractivity contribution < 1.29 is 29.0 Å². The van der Waals surface area contributed by atoms with Crippen LogP contribution in [0.4, 0.5) is 10.5 Å². The van der Waals surface area contributed by atoms with Crippen molar-refractivity contribution in [3.8, 4) is 5.75 Å². The molecule has 2 aliphatic heterocycles. The largest absolute Gasteiger partial charge is 0.485 e. The molecule has 3 rings (SSSR count). The zero-order valence-corrected chi connectivity index (χ0v) is 22.0. The summed E-state index contributed by atoms with van der Waals surface area (Å²) in [6.07, 6.45) is 0.810. The Bertz CT molecular complexity index is 933. The summed E-state index contributed by atoms with van der Waals surface area (Å²) in [5.74, 6) is -0.462. The molecule has 0 spiro atoms. The maximum Gasteiger partial charge on any atom is 0.317 e. The Labute approximate surface area is 213 Å². The lowest BCUT2D eigenvalue weighted by atomic mass is 9.98. The number of carbonyl (C=O) groups is 3. The molecule has 36 heavy (non-hydrogen) atoms. The first-order valence-electron chi connectivity index (χ1n) is 12.7. The van der Waals surface area contributed by atoms with Gasteiger partial charge in [0.15, 0.2) is 5.75 Å². The molecule has 0 aliphatic carbocycles. The van der Waals surface area contributed by atoms with Crippen LogP contribution in [-0.4, -0.2) is 90.9 Å². The van der Waals surface area contributed by atoms with E-state index in [1.54, 1.807) is 42.0 Å². The van der Waals surface area contributed by atoms with Gasteiger partial charge in [-0.3, -0.25) is 9.59 Å². The van der Waals surface area contributed by atoms with Crippen LogP contribution >= 0.6 is 0 Å². The second-order valence-corrected chi connectivity index (χ2v) is 10.2. The Hall–Kier alpha value is -2.85. The standard InChI is InChI=1S/C26H40N4O6/c1-16(2)27-26(34)29(5)14-22-17(3)13-30(18(4)15-31)25(33)20-7-6-8-21(23(20)36-22)28-24(32)19-9-11-35-12-10-19/h6-8,16-19,22,31H,9-15H2,1-5H3,(H,27,34)(H,28,32)/t17-,18+,22-/m0/s1. The van der Waals surface area contributed by atoms with Gasteiger partial charge in [-0.1, -0.05) is 13.0 Å². The van der Waals surface area contributed by atoms with Gasteiger partial charge in [-0.15, -0.1) is 0 Å². The van der Waals surface area contributed by atoms with E-state index in [0.29, 0.717) is 43.9 Å². The average Bonchev–Trinajstić information content (AvgIpc) is 2.86. The van der Waals surface area contributed by atoms with E-state index in [2.05, 4.69) is 10.6 Å². The molecule has 3 atom stereocenters. The van der Waals surface area contributed by atoms with E-state index < -0.39 is 12.1 Å². The van der Waals surface area contributed by atoms with Gasteiger partial charge in [-0.25, -0.2) is 4.79 Å². The van der Waals surface area contributed by atoms with E-state index in [1.807, 2.05) is 20.8 Å². The van der Waals surface area contributed by atoms with E-state index >= 15 is 0 Å². The predicted octanol–water partition coefficient (Wildman–Crippen LogP) is 2.32. The van der Waals surface area contributed by atoms with Crippen LogP contribution in [0, 0.1) is 11.8 Å². The molecule has 200 valence electrons. The van der Waals surface area contributed by atoms with Gasteiger partial charge >= 0.3 is 6.03 Å². The topological polar surface area (TPSA) is 120 Å². The molecule has 0 unspecified atom stereocenters. The second-order valence-electron chi connectivity index (χ2n) is 10.2. The van der Waals surface area contributed by atoms with E-state index in [0.717, 1.165) is 0 Å². The maximum atomic E-state index is 13.6. The lowest BCUT2D eigenvalue weighted by Crippen LogP contribution is -2.51. The second kappa shape index (κ2) is 12.4. The average molecular weight is 505 g/mol. The number of ether oxygens (including phenoxy) is 2. The highest BCUT2D eigenvalue weighted by atomic mass is 16.5. The molecule has 10 heteroatoms. The summed E-state index contributed by atoms with van der Waals surface area (Å²) in [6.45, 7) is 9.05. The number of anilines is 1. The van der Waals surface area contributed by atoms with Crippen molar-refractivity contribution in [2.45, 2.75) is 58.7 Å². The minimum Gasteiger partial charge on any atom is -0.485 e. The van der Waals surface area contributed by atoms with E-state index in [9.17, 15) is 19.5 Å². The van der Waals surface area contributed by atoms with E-state index in [1.165, 1.54) is 0 Å². The number of fused-ring (bicyclic) bond motifs is 1. The van der Waals surface area contributed by atoms with Gasteiger partial charge in [0.25, 0.3) is 5.91 Å². The Kier molecular flexibility index (Phi) is 9.56. The molecule has 0 saturated carbocycles. The van der Waals surface area contributed by atoms with Crippen LogP contribution in [0.5, 0.6) is 5.75 Å². The Morgan fingerprint density at radius 3 is 2.56 bits per heavy atom. The number of hydrogen-bond donors (Lipinski definition) is 3. The third-order valence-electron chi connectivity index (χ3n) is 6.75. The molecule has 1 fully saturated rings. The number of hydrogen-bond acceptors (Lipinski definition) is 6. The minimum absolute atomic E-state index is 0.0122. The summed E-state index contributed by atoms with van der Waals surface area (Å²) in [5.41, 5.74) is 0.730. The van der Waals surface area contributed by atoms with Crippen molar-refractivity contribution in [3.63, 3.8) is 0 Å². The number of amides is 4. The first kappa shape index (κ1) is 27.7. The van der Waals surface area contributed by atoms with Gasteiger partial charge in [-0.05, 0) is 45.7 Å². The van der Waals surface area contributed by atoms with Gasteiger partial charge in [0, 0.05) is 44.7 Å². The quantitative estimate of drug-likeness (QED) is 0.524. The smallest absolute Gasteiger partial charge is 0.317 e. The number of likely N-dealkylation sites (N-methyl/N-ethyl adjacent to an activating group) is 1. The fraction of sp³-hybridized carbons (Fsp3) is 0.654. The van der Waals surface area contributed by atoms with Crippen LogP contribution in [0.15, 0.2) is 18.2 Å². The number of rotatable bonds is 7. The van der Waals surface area contributed by atoms with Crippen molar-refractivity contribution in [1.29, 1.82) is 0 Å². The highest BCUT2D eigenvalue weighted by Gasteiger charge is 2.35. The lowest BCUT2D eigenvalue weighted by Gasteiger charge is -2.38. The Morgan fingerprint density at radius 1 is 1.22 bits per heavy atom. The molecule has 2 aliphatic rings. The van der Waals surface area contributed by atoms with E-state index in [4.69, 9.17) is 9.47 Å². The highest BCUT2D eigenvalue weighted by Crippen LogP contribution is 2.35. The maximum absolute atomic E-state index is 13.6. The SMILES string of the molecule is CC(C)NC(=O)N(C)C[C@@H]1Oc2c(NC(=O)C3CCOCC3)cccc2C(=O)N([C@H](C)CO)C[C@@H]1C. The summed E-state index contributed by atoms with van der Waals surface area (Å²) in [4.78, 5) is 42.4. The van der Waals surface area contributed by atoms with Gasteiger partial charge in [0.05, 0.1) is 30.4 Å². The van der Waals surface area contributed by atoms with Crippen molar-refractivity contribution in [1.82, 2.24) is 15.1 Å². The molecule has 10 nitrogen and oxygen atoms in total. The molecule has 0 bridgehead atoms. The highest BCUT2D eigenvalue weighted by molar-refractivity contribution is 6.02. The Balaban J connectivity index is 1.95. The van der Waals surface area contributed by atoms with Crippen molar-refractivity contribution >= 4 is 23.5 Å². The molecular formula is C26H40N4O6. The lowest BCUT2D eigenvalue weighted by molar-refractivity contribution is -0.122. The number of nitrogens with zero attached hydrogens (tertiary/aromatic N) is 2. The van der Waals surface area contributed by atoms with Crippen molar-refractivity contribution in [2.75, 3.05) is 45.3 Å².